The minimum absolute atomic E-state index is 0.0697. The van der Waals surface area contributed by atoms with Gasteiger partial charge in [0.1, 0.15) is 11.6 Å². The molecule has 17 heavy (non-hydrogen) atoms. The van der Waals surface area contributed by atoms with E-state index in [4.69, 9.17) is 15.9 Å². The highest BCUT2D eigenvalue weighted by atomic mass is 32.2. The van der Waals surface area contributed by atoms with Crippen molar-refractivity contribution in [2.24, 2.45) is 11.7 Å². The average Bonchev–Trinajstić information content (AvgIpc) is 2.26. The van der Waals surface area contributed by atoms with Gasteiger partial charge in [0.15, 0.2) is 0 Å². The number of benzene rings is 1. The smallest absolute Gasteiger partial charge is 0.131 e. The molecule has 0 aliphatic carbocycles. The van der Waals surface area contributed by atoms with Crippen molar-refractivity contribution in [2.75, 3.05) is 12.4 Å². The molecule has 0 bridgehead atoms. The lowest BCUT2D eigenvalue weighted by atomic mass is 10.2. The van der Waals surface area contributed by atoms with Crippen LogP contribution in [0.15, 0.2) is 23.1 Å². The van der Waals surface area contributed by atoms with Crippen LogP contribution < -0.4 is 10.5 Å². The molecule has 3 N–H and O–H groups in total. The average molecular weight is 252 g/mol. The molecule has 0 amide bonds. The van der Waals surface area contributed by atoms with Crippen LogP contribution >= 0.6 is 11.8 Å². The minimum atomic E-state index is 0.0697. The van der Waals surface area contributed by atoms with Crippen molar-refractivity contribution in [1.29, 1.82) is 5.41 Å². The maximum absolute atomic E-state index is 7.67. The highest BCUT2D eigenvalue weighted by Gasteiger charge is 2.12. The van der Waals surface area contributed by atoms with Crippen LogP contribution in [0.1, 0.15) is 26.3 Å². The Labute approximate surface area is 107 Å². The summed E-state index contributed by atoms with van der Waals surface area (Å²) in [6.45, 7) is 6.91. The van der Waals surface area contributed by atoms with Crippen molar-refractivity contribution in [1.82, 2.24) is 0 Å². The third-order valence-electron chi connectivity index (χ3n) is 2.13. The summed E-state index contributed by atoms with van der Waals surface area (Å²) in [5, 5.41) is 7.67. The molecule has 0 aliphatic heterocycles. The van der Waals surface area contributed by atoms with E-state index in [9.17, 15) is 0 Å². The number of hydrogen-bond acceptors (Lipinski definition) is 3. The molecule has 1 aromatic carbocycles. The van der Waals surface area contributed by atoms with Crippen LogP contribution in [0.5, 0.6) is 5.75 Å². The van der Waals surface area contributed by atoms with Crippen molar-refractivity contribution in [3.05, 3.63) is 23.8 Å². The summed E-state index contributed by atoms with van der Waals surface area (Å²) in [5.41, 5.74) is 6.36. The standard InChI is InChI=1S/C13H20N2OS/c1-4-17-11-7-5-6-10(12(11)13(14)15)16-8-9(2)3/h5-7,9H,4,8H2,1-3H3,(H3,14,15). The zero-order valence-electron chi connectivity index (χ0n) is 10.6. The first-order chi connectivity index (χ1) is 8.06. The van der Waals surface area contributed by atoms with E-state index >= 15 is 0 Å². The molecule has 0 aliphatic rings. The summed E-state index contributed by atoms with van der Waals surface area (Å²) >= 11 is 1.68. The Balaban J connectivity index is 3.02. The van der Waals surface area contributed by atoms with Crippen molar-refractivity contribution in [2.45, 2.75) is 25.7 Å². The summed E-state index contributed by atoms with van der Waals surface area (Å²) in [4.78, 5) is 1.02. The first kappa shape index (κ1) is 13.9. The van der Waals surface area contributed by atoms with Crippen molar-refractivity contribution < 1.29 is 4.74 Å². The molecule has 0 saturated carbocycles. The molecule has 0 unspecified atom stereocenters. The van der Waals surface area contributed by atoms with Gasteiger partial charge in [0, 0.05) is 4.90 Å². The fourth-order valence-electron chi connectivity index (χ4n) is 1.43. The number of nitrogen functional groups attached to an aromatic ring is 1. The Morgan fingerprint density at radius 1 is 1.47 bits per heavy atom. The molecular formula is C13H20N2OS. The van der Waals surface area contributed by atoms with E-state index in [0.717, 1.165) is 16.2 Å². The zero-order chi connectivity index (χ0) is 12.8. The normalized spacial score (nSPS) is 10.6. The molecule has 0 radical (unpaired) electrons. The largest absolute Gasteiger partial charge is 0.493 e. The second kappa shape index (κ2) is 6.55. The second-order valence-electron chi connectivity index (χ2n) is 4.18. The Bertz CT molecular complexity index is 391. The monoisotopic (exact) mass is 252 g/mol. The Hall–Kier alpha value is -1.16. The second-order valence-corrected chi connectivity index (χ2v) is 5.49. The van der Waals surface area contributed by atoms with Crippen LogP contribution in [0.4, 0.5) is 0 Å². The quantitative estimate of drug-likeness (QED) is 0.464. The fraction of sp³-hybridized carbons (Fsp3) is 0.462. The molecule has 0 heterocycles. The van der Waals surface area contributed by atoms with Crippen molar-refractivity contribution in [3.8, 4) is 5.75 Å². The molecule has 0 spiro atoms. The van der Waals surface area contributed by atoms with Crippen LogP contribution in [-0.2, 0) is 0 Å². The Morgan fingerprint density at radius 3 is 2.71 bits per heavy atom. The highest BCUT2D eigenvalue weighted by molar-refractivity contribution is 7.99. The van der Waals surface area contributed by atoms with E-state index in [-0.39, 0.29) is 5.84 Å². The van der Waals surface area contributed by atoms with Crippen LogP contribution in [-0.4, -0.2) is 18.2 Å². The van der Waals surface area contributed by atoms with Crippen LogP contribution in [0.3, 0.4) is 0 Å². The first-order valence-electron chi connectivity index (χ1n) is 5.79. The van der Waals surface area contributed by atoms with Gasteiger partial charge in [-0.3, -0.25) is 5.41 Å². The number of nitrogens with two attached hydrogens (primary N) is 1. The molecule has 0 fully saturated rings. The Kier molecular flexibility index (Phi) is 5.35. The topological polar surface area (TPSA) is 59.1 Å². The van der Waals surface area contributed by atoms with Gasteiger partial charge in [0.25, 0.3) is 0 Å². The van der Waals surface area contributed by atoms with E-state index in [1.54, 1.807) is 11.8 Å². The van der Waals surface area contributed by atoms with Gasteiger partial charge >= 0.3 is 0 Å². The molecule has 0 atom stereocenters. The van der Waals surface area contributed by atoms with Gasteiger partial charge < -0.3 is 10.5 Å². The first-order valence-corrected chi connectivity index (χ1v) is 6.77. The molecule has 94 valence electrons. The summed E-state index contributed by atoms with van der Waals surface area (Å²) in [7, 11) is 0. The summed E-state index contributed by atoms with van der Waals surface area (Å²) in [6, 6.07) is 5.80. The number of ether oxygens (including phenoxy) is 1. The van der Waals surface area contributed by atoms with Crippen molar-refractivity contribution in [3.63, 3.8) is 0 Å². The minimum Gasteiger partial charge on any atom is -0.493 e. The fourth-order valence-corrected chi connectivity index (χ4v) is 2.27. The number of nitrogens with one attached hydrogen (secondary N) is 1. The van der Waals surface area contributed by atoms with E-state index in [2.05, 4.69) is 20.8 Å². The van der Waals surface area contributed by atoms with E-state index < -0.39 is 0 Å². The number of thioether (sulfide) groups is 1. The molecule has 1 aromatic rings. The van der Waals surface area contributed by atoms with E-state index in [1.165, 1.54) is 0 Å². The third kappa shape index (κ3) is 3.97. The zero-order valence-corrected chi connectivity index (χ0v) is 11.4. The van der Waals surface area contributed by atoms with Gasteiger partial charge in [-0.25, -0.2) is 0 Å². The van der Waals surface area contributed by atoms with Gasteiger partial charge in [-0.1, -0.05) is 26.8 Å². The lowest BCUT2D eigenvalue weighted by Crippen LogP contribution is -2.16. The lowest BCUT2D eigenvalue weighted by Gasteiger charge is -2.15. The van der Waals surface area contributed by atoms with Crippen molar-refractivity contribution >= 4 is 17.6 Å². The molecule has 0 aromatic heterocycles. The summed E-state index contributed by atoms with van der Waals surface area (Å²) in [6.07, 6.45) is 0. The van der Waals surface area contributed by atoms with Gasteiger partial charge in [0.05, 0.1) is 12.2 Å². The summed E-state index contributed by atoms with van der Waals surface area (Å²) in [5.74, 6) is 2.19. The Morgan fingerprint density at radius 2 is 2.18 bits per heavy atom. The highest BCUT2D eigenvalue weighted by Crippen LogP contribution is 2.29. The van der Waals surface area contributed by atoms with Gasteiger partial charge in [0.2, 0.25) is 0 Å². The van der Waals surface area contributed by atoms with Crippen LogP contribution in [0, 0.1) is 11.3 Å². The molecule has 3 nitrogen and oxygen atoms in total. The van der Waals surface area contributed by atoms with Crippen LogP contribution in [0.2, 0.25) is 0 Å². The summed E-state index contributed by atoms with van der Waals surface area (Å²) < 4.78 is 5.71. The van der Waals surface area contributed by atoms with Crippen LogP contribution in [0.25, 0.3) is 0 Å². The predicted octanol–water partition coefficient (Wildman–Crippen LogP) is 3.12. The van der Waals surface area contributed by atoms with Gasteiger partial charge in [-0.05, 0) is 23.8 Å². The number of amidine groups is 1. The molecular weight excluding hydrogens is 232 g/mol. The predicted molar refractivity (Wildman–Crippen MR) is 74.2 cm³/mol. The maximum atomic E-state index is 7.67. The number of hydrogen-bond donors (Lipinski definition) is 2. The van der Waals surface area contributed by atoms with Gasteiger partial charge in [-0.2, -0.15) is 0 Å². The lowest BCUT2D eigenvalue weighted by molar-refractivity contribution is 0.270. The van der Waals surface area contributed by atoms with E-state index in [1.807, 2.05) is 18.2 Å². The maximum Gasteiger partial charge on any atom is 0.131 e. The third-order valence-corrected chi connectivity index (χ3v) is 3.07. The number of rotatable bonds is 6. The molecule has 0 saturated heterocycles. The molecule has 4 heteroatoms. The van der Waals surface area contributed by atoms with E-state index in [0.29, 0.717) is 18.3 Å². The molecule has 1 rings (SSSR count). The van der Waals surface area contributed by atoms with Gasteiger partial charge in [-0.15, -0.1) is 11.8 Å². The SMILES string of the molecule is CCSc1cccc(OCC(C)C)c1C(=N)N.